The molecule has 3 heterocycles. The molecule has 7 nitrogen and oxygen atoms in total. The lowest BCUT2D eigenvalue weighted by Crippen LogP contribution is -2.38. The lowest BCUT2D eigenvalue weighted by Gasteiger charge is -2.05. The van der Waals surface area contributed by atoms with Crippen molar-refractivity contribution >= 4 is 0 Å². The van der Waals surface area contributed by atoms with Crippen LogP contribution in [0.2, 0.25) is 0 Å². The van der Waals surface area contributed by atoms with E-state index in [2.05, 4.69) is 117 Å². The predicted molar refractivity (Wildman–Crippen MR) is 143 cm³/mol. The van der Waals surface area contributed by atoms with E-state index >= 15 is 0 Å². The van der Waals surface area contributed by atoms with Crippen molar-refractivity contribution in [2.45, 2.75) is 46.3 Å². The summed E-state index contributed by atoms with van der Waals surface area (Å²) < 4.78 is 12.3. The zero-order valence-electron chi connectivity index (χ0n) is 21.7. The maximum Gasteiger partial charge on any atom is 0.171 e. The summed E-state index contributed by atoms with van der Waals surface area (Å²) in [4.78, 5) is 2.72. The highest BCUT2D eigenvalue weighted by molar-refractivity contribution is 5.60. The average Bonchev–Trinajstić information content (AvgIpc) is 2.91. The van der Waals surface area contributed by atoms with Crippen LogP contribution in [0.25, 0.3) is 21.6 Å². The zero-order valence-corrected chi connectivity index (χ0v) is 21.7. The number of azide groups is 1. The Morgan fingerprint density at radius 3 is 1.92 bits per heavy atom. The van der Waals surface area contributed by atoms with Crippen LogP contribution < -0.4 is 18.4 Å². The molecule has 0 saturated carbocycles. The van der Waals surface area contributed by atoms with Crippen LogP contribution in [0.4, 0.5) is 0 Å². The van der Waals surface area contributed by atoms with E-state index in [0.29, 0.717) is 13.2 Å². The third kappa shape index (κ3) is 8.16. The van der Waals surface area contributed by atoms with E-state index < -0.39 is 0 Å². The van der Waals surface area contributed by atoms with Crippen molar-refractivity contribution in [1.82, 2.24) is 0 Å². The van der Waals surface area contributed by atoms with Crippen LogP contribution in [0.3, 0.4) is 0 Å². The van der Waals surface area contributed by atoms with Crippen molar-refractivity contribution in [1.29, 1.82) is 0 Å². The third-order valence-corrected chi connectivity index (χ3v) is 6.25. The lowest BCUT2D eigenvalue weighted by atomic mass is 10.1. The first-order valence-corrected chi connectivity index (χ1v) is 12.8. The van der Waals surface area contributed by atoms with Gasteiger partial charge in [0.2, 0.25) is 0 Å². The van der Waals surface area contributed by atoms with Gasteiger partial charge in [0, 0.05) is 46.7 Å². The van der Waals surface area contributed by atoms with E-state index in [0.717, 1.165) is 38.2 Å². The van der Waals surface area contributed by atoms with E-state index in [1.54, 1.807) is 0 Å². The highest BCUT2D eigenvalue weighted by Gasteiger charge is 2.09. The van der Waals surface area contributed by atoms with Crippen LogP contribution in [0, 0.1) is 13.8 Å². The second-order valence-corrected chi connectivity index (χ2v) is 9.33. The zero-order chi connectivity index (χ0) is 25.9. The molecule has 0 aliphatic carbocycles. The maximum absolute atomic E-state index is 8.30. The Morgan fingerprint density at radius 2 is 1.32 bits per heavy atom. The van der Waals surface area contributed by atoms with Crippen molar-refractivity contribution in [2.75, 3.05) is 13.2 Å². The molecule has 3 aromatic heterocycles. The molecule has 4 aromatic rings. The predicted octanol–water partition coefficient (Wildman–Crippen LogP) is 4.86. The molecule has 0 saturated heterocycles. The normalized spacial score (nSPS) is 10.6. The smallest absolute Gasteiger partial charge is 0.171 e. The van der Waals surface area contributed by atoms with Gasteiger partial charge in [-0.05, 0) is 54.3 Å². The van der Waals surface area contributed by atoms with Crippen LogP contribution in [0.5, 0.6) is 5.75 Å². The number of ether oxygens (including phenoxy) is 1. The molecule has 0 fully saturated rings. The third-order valence-electron chi connectivity index (χ3n) is 6.25. The number of aromatic nitrogens is 3. The van der Waals surface area contributed by atoms with E-state index in [1.165, 1.54) is 27.8 Å². The van der Waals surface area contributed by atoms with Crippen molar-refractivity contribution in [3.63, 3.8) is 0 Å². The van der Waals surface area contributed by atoms with Crippen LogP contribution in [-0.4, -0.2) is 13.2 Å². The lowest BCUT2D eigenvalue weighted by molar-refractivity contribution is -0.727. The number of hydrogen-bond acceptors (Lipinski definition) is 2. The summed E-state index contributed by atoms with van der Waals surface area (Å²) in [6.45, 7) is 7.95. The quantitative estimate of drug-likeness (QED) is 0.0910. The largest absolute Gasteiger partial charge is 0.493 e. The first-order chi connectivity index (χ1) is 18.1. The number of aryl methyl sites for hydroxylation is 6. The molecule has 0 amide bonds. The molecule has 0 aliphatic heterocycles. The number of rotatable bonds is 12. The fourth-order valence-corrected chi connectivity index (χ4v) is 4.42. The van der Waals surface area contributed by atoms with Crippen LogP contribution in [0.1, 0.15) is 23.1 Å². The standard InChI is InChI=1S/C30H35N6O/c1-25-22-26(2)24-36(23-25)15-3-14-34-17-9-28(10-18-34)29-11-19-35(20-12-29)16-8-27-4-6-30(7-5-27)37-21-13-32-33-31/h4-7,9-12,17-20,22-24H,3,8,13-16,21H2,1-2H3/q+3. The second kappa shape index (κ2) is 13.2. The Kier molecular flexibility index (Phi) is 9.22. The van der Waals surface area contributed by atoms with Crippen molar-refractivity contribution in [2.24, 2.45) is 5.11 Å². The second-order valence-electron chi connectivity index (χ2n) is 9.33. The Morgan fingerprint density at radius 1 is 0.757 bits per heavy atom. The Hall–Kier alpha value is -4.22. The van der Waals surface area contributed by atoms with E-state index in [-0.39, 0.29) is 0 Å². The molecule has 37 heavy (non-hydrogen) atoms. The van der Waals surface area contributed by atoms with Gasteiger partial charge in [-0.25, -0.2) is 13.7 Å². The summed E-state index contributed by atoms with van der Waals surface area (Å²) in [5.74, 6) is 0.790. The van der Waals surface area contributed by atoms with Gasteiger partial charge in [-0.1, -0.05) is 17.2 Å². The van der Waals surface area contributed by atoms with Gasteiger partial charge in [0.15, 0.2) is 56.8 Å². The summed E-state index contributed by atoms with van der Waals surface area (Å²) in [6.07, 6.45) is 15.1. The molecular weight excluding hydrogens is 460 g/mol. The molecular formula is C30H35N6O+3. The van der Waals surface area contributed by atoms with E-state index in [1.807, 2.05) is 12.1 Å². The summed E-state index contributed by atoms with van der Waals surface area (Å²) in [5.41, 5.74) is 14.6. The molecule has 0 unspecified atom stereocenters. The minimum absolute atomic E-state index is 0.335. The molecule has 0 bridgehead atoms. The molecule has 0 atom stereocenters. The SMILES string of the molecule is Cc1cc(C)c[n+](CCC[n+]2ccc(-c3cc[n+](CCc4ccc(OCCN=[N+]=[N-])cc4)cc3)cc2)c1. The highest BCUT2D eigenvalue weighted by Crippen LogP contribution is 2.16. The minimum Gasteiger partial charge on any atom is -0.493 e. The Bertz CT molecular complexity index is 1310. The van der Waals surface area contributed by atoms with Gasteiger partial charge >= 0.3 is 0 Å². The van der Waals surface area contributed by atoms with E-state index in [4.69, 9.17) is 10.3 Å². The summed E-state index contributed by atoms with van der Waals surface area (Å²) in [7, 11) is 0. The van der Waals surface area contributed by atoms with Crippen molar-refractivity contribution in [3.05, 3.63) is 119 Å². The number of pyridine rings is 3. The van der Waals surface area contributed by atoms with Gasteiger partial charge in [-0.2, -0.15) is 0 Å². The summed E-state index contributed by atoms with van der Waals surface area (Å²) in [5, 5.41) is 3.47. The van der Waals surface area contributed by atoms with Gasteiger partial charge in [0.05, 0.1) is 19.6 Å². The topological polar surface area (TPSA) is 69.6 Å². The first kappa shape index (κ1) is 25.9. The first-order valence-electron chi connectivity index (χ1n) is 12.8. The molecule has 188 valence electrons. The van der Waals surface area contributed by atoms with Gasteiger partial charge in [-0.3, -0.25) is 0 Å². The summed E-state index contributed by atoms with van der Waals surface area (Å²) >= 11 is 0. The molecule has 1 aromatic carbocycles. The molecule has 7 heteroatoms. The molecule has 0 radical (unpaired) electrons. The molecule has 0 aliphatic rings. The minimum atomic E-state index is 0.335. The van der Waals surface area contributed by atoms with Crippen LogP contribution in [0.15, 0.2) is 96.9 Å². The fourth-order valence-electron chi connectivity index (χ4n) is 4.42. The van der Waals surface area contributed by atoms with Gasteiger partial charge in [0.25, 0.3) is 0 Å². The van der Waals surface area contributed by atoms with Gasteiger partial charge in [0.1, 0.15) is 5.75 Å². The fraction of sp³-hybridized carbons (Fsp3) is 0.300. The van der Waals surface area contributed by atoms with Crippen LogP contribution >= 0.6 is 0 Å². The monoisotopic (exact) mass is 495 g/mol. The van der Waals surface area contributed by atoms with Gasteiger partial charge < -0.3 is 4.74 Å². The molecule has 4 rings (SSSR count). The number of benzene rings is 1. The molecule has 0 spiro atoms. The van der Waals surface area contributed by atoms with Crippen molar-refractivity contribution < 1.29 is 18.4 Å². The maximum atomic E-state index is 8.30. The average molecular weight is 496 g/mol. The summed E-state index contributed by atoms with van der Waals surface area (Å²) in [6, 6.07) is 19.0. The van der Waals surface area contributed by atoms with Gasteiger partial charge in [-0.15, -0.1) is 0 Å². The number of hydrogen-bond donors (Lipinski definition) is 0. The Labute approximate surface area is 218 Å². The Balaban J connectivity index is 1.24. The van der Waals surface area contributed by atoms with E-state index in [9.17, 15) is 0 Å². The molecule has 0 N–H and O–H groups in total. The highest BCUT2D eigenvalue weighted by atomic mass is 16.5. The van der Waals surface area contributed by atoms with Crippen molar-refractivity contribution in [3.8, 4) is 16.9 Å². The van der Waals surface area contributed by atoms with Crippen LogP contribution in [-0.2, 0) is 26.1 Å². The number of nitrogens with zero attached hydrogens (tertiary/aromatic N) is 6.